The Labute approximate surface area is 151 Å². The number of nitriles is 1. The highest BCUT2D eigenvalue weighted by Gasteiger charge is 2.24. The standard InChI is InChI=1S/C18H20BrN5/c1-13-8-18(22-12-21-13)23(2)16-4-3-7-24(11-16)15-6-5-14(10-20)17(19)9-15/h5-6,8-9,12,16H,3-4,7,11H2,1-2H3. The summed E-state index contributed by atoms with van der Waals surface area (Å²) >= 11 is 3.49. The second kappa shape index (κ2) is 7.18. The van der Waals surface area contributed by atoms with Gasteiger partial charge in [0.2, 0.25) is 0 Å². The van der Waals surface area contributed by atoms with E-state index in [1.54, 1.807) is 6.33 Å². The maximum Gasteiger partial charge on any atom is 0.132 e. The molecular weight excluding hydrogens is 366 g/mol. The van der Waals surface area contributed by atoms with Gasteiger partial charge in [-0.1, -0.05) is 0 Å². The fraction of sp³-hybridized carbons (Fsp3) is 0.389. The van der Waals surface area contributed by atoms with Gasteiger partial charge in [-0.3, -0.25) is 0 Å². The summed E-state index contributed by atoms with van der Waals surface area (Å²) in [6.45, 7) is 3.96. The Morgan fingerprint density at radius 2 is 2.17 bits per heavy atom. The highest BCUT2D eigenvalue weighted by atomic mass is 79.9. The molecule has 1 saturated heterocycles. The fourth-order valence-electron chi connectivity index (χ4n) is 3.12. The molecule has 0 saturated carbocycles. The third-order valence-corrected chi connectivity index (χ3v) is 5.19. The zero-order chi connectivity index (χ0) is 17.1. The lowest BCUT2D eigenvalue weighted by Crippen LogP contribution is -2.47. The molecule has 0 aliphatic carbocycles. The fourth-order valence-corrected chi connectivity index (χ4v) is 3.57. The molecule has 0 bridgehead atoms. The number of hydrogen-bond acceptors (Lipinski definition) is 5. The highest BCUT2D eigenvalue weighted by molar-refractivity contribution is 9.10. The molecule has 1 unspecified atom stereocenters. The summed E-state index contributed by atoms with van der Waals surface area (Å²) in [5.74, 6) is 0.968. The summed E-state index contributed by atoms with van der Waals surface area (Å²) in [4.78, 5) is 13.2. The first-order valence-corrected chi connectivity index (χ1v) is 8.84. The van der Waals surface area contributed by atoms with Crippen molar-refractivity contribution in [3.8, 4) is 6.07 Å². The van der Waals surface area contributed by atoms with Gasteiger partial charge in [-0.15, -0.1) is 0 Å². The van der Waals surface area contributed by atoms with Crippen LogP contribution < -0.4 is 9.80 Å². The third-order valence-electron chi connectivity index (χ3n) is 4.53. The molecule has 6 heteroatoms. The molecule has 1 aliphatic rings. The van der Waals surface area contributed by atoms with E-state index in [0.717, 1.165) is 47.6 Å². The second-order valence-electron chi connectivity index (χ2n) is 6.15. The Morgan fingerprint density at radius 1 is 1.33 bits per heavy atom. The number of anilines is 2. The number of piperidine rings is 1. The lowest BCUT2D eigenvalue weighted by Gasteiger charge is -2.39. The van der Waals surface area contributed by atoms with E-state index in [-0.39, 0.29) is 0 Å². The quantitative estimate of drug-likeness (QED) is 0.808. The van der Waals surface area contributed by atoms with Gasteiger partial charge in [0.05, 0.1) is 5.56 Å². The normalized spacial score (nSPS) is 17.4. The number of benzene rings is 1. The van der Waals surface area contributed by atoms with Crippen molar-refractivity contribution in [3.63, 3.8) is 0 Å². The van der Waals surface area contributed by atoms with E-state index >= 15 is 0 Å². The van der Waals surface area contributed by atoms with E-state index in [1.165, 1.54) is 0 Å². The van der Waals surface area contributed by atoms with Gasteiger partial charge in [0, 0.05) is 48.1 Å². The van der Waals surface area contributed by atoms with Crippen LogP contribution in [0.4, 0.5) is 11.5 Å². The molecule has 3 rings (SSSR count). The lowest BCUT2D eigenvalue weighted by molar-refractivity contribution is 0.485. The van der Waals surface area contributed by atoms with Crippen LogP contribution in [0.3, 0.4) is 0 Å². The summed E-state index contributed by atoms with van der Waals surface area (Å²) in [5.41, 5.74) is 2.80. The Kier molecular flexibility index (Phi) is 5.00. The Hall–Kier alpha value is -2.13. The summed E-state index contributed by atoms with van der Waals surface area (Å²) in [7, 11) is 2.10. The largest absolute Gasteiger partial charge is 0.369 e. The van der Waals surface area contributed by atoms with Crippen molar-refractivity contribution in [1.82, 2.24) is 9.97 Å². The van der Waals surface area contributed by atoms with Crippen LogP contribution in [0.15, 0.2) is 35.1 Å². The molecule has 5 nitrogen and oxygen atoms in total. The third kappa shape index (κ3) is 3.51. The second-order valence-corrected chi connectivity index (χ2v) is 7.00. The van der Waals surface area contributed by atoms with Crippen molar-refractivity contribution < 1.29 is 0 Å². The van der Waals surface area contributed by atoms with Gasteiger partial charge in [-0.05, 0) is 53.9 Å². The number of hydrogen-bond donors (Lipinski definition) is 0. The van der Waals surface area contributed by atoms with Crippen LogP contribution in [0.5, 0.6) is 0 Å². The first kappa shape index (κ1) is 16.7. The van der Waals surface area contributed by atoms with E-state index in [9.17, 15) is 0 Å². The highest BCUT2D eigenvalue weighted by Crippen LogP contribution is 2.28. The minimum atomic E-state index is 0.405. The predicted octanol–water partition coefficient (Wildman–Crippen LogP) is 3.52. The predicted molar refractivity (Wildman–Crippen MR) is 99.3 cm³/mol. The maximum atomic E-state index is 9.07. The van der Waals surface area contributed by atoms with Crippen LogP contribution in [0.25, 0.3) is 0 Å². The number of rotatable bonds is 3. The van der Waals surface area contributed by atoms with Gasteiger partial charge in [-0.2, -0.15) is 5.26 Å². The van der Waals surface area contributed by atoms with Crippen molar-refractivity contribution in [2.75, 3.05) is 29.9 Å². The molecule has 0 spiro atoms. The summed E-state index contributed by atoms with van der Waals surface area (Å²) in [5, 5.41) is 9.07. The molecule has 1 aliphatic heterocycles. The average molecular weight is 386 g/mol. The monoisotopic (exact) mass is 385 g/mol. The molecule has 124 valence electrons. The van der Waals surface area contributed by atoms with E-state index < -0.39 is 0 Å². The minimum Gasteiger partial charge on any atom is -0.369 e. The van der Waals surface area contributed by atoms with Crippen LogP contribution in [0.1, 0.15) is 24.1 Å². The average Bonchev–Trinajstić information content (AvgIpc) is 2.61. The van der Waals surface area contributed by atoms with Crippen molar-refractivity contribution in [2.24, 2.45) is 0 Å². The molecule has 0 N–H and O–H groups in total. The Balaban J connectivity index is 1.77. The number of halogens is 1. The molecule has 2 aromatic rings. The molecule has 1 atom stereocenters. The van der Waals surface area contributed by atoms with Crippen molar-refractivity contribution >= 4 is 27.4 Å². The van der Waals surface area contributed by atoms with Crippen molar-refractivity contribution in [2.45, 2.75) is 25.8 Å². The zero-order valence-corrected chi connectivity index (χ0v) is 15.5. The summed E-state index contributed by atoms with van der Waals surface area (Å²) < 4.78 is 0.851. The zero-order valence-electron chi connectivity index (χ0n) is 13.9. The van der Waals surface area contributed by atoms with E-state index in [2.05, 4.69) is 48.8 Å². The molecule has 1 aromatic carbocycles. The van der Waals surface area contributed by atoms with Gasteiger partial charge in [-0.25, -0.2) is 9.97 Å². The number of aryl methyl sites for hydroxylation is 1. The number of likely N-dealkylation sites (N-methyl/N-ethyl adjacent to an activating group) is 1. The van der Waals surface area contributed by atoms with E-state index in [1.807, 2.05) is 31.2 Å². The van der Waals surface area contributed by atoms with Crippen LogP contribution in [0, 0.1) is 18.3 Å². The smallest absolute Gasteiger partial charge is 0.132 e. The van der Waals surface area contributed by atoms with Crippen molar-refractivity contribution in [1.29, 1.82) is 5.26 Å². The van der Waals surface area contributed by atoms with Gasteiger partial charge in [0.25, 0.3) is 0 Å². The van der Waals surface area contributed by atoms with E-state index in [0.29, 0.717) is 11.6 Å². The molecule has 24 heavy (non-hydrogen) atoms. The molecule has 1 aromatic heterocycles. The first-order valence-electron chi connectivity index (χ1n) is 8.04. The first-order chi connectivity index (χ1) is 11.6. The Bertz CT molecular complexity index is 770. The van der Waals surface area contributed by atoms with Crippen LogP contribution in [0.2, 0.25) is 0 Å². The Morgan fingerprint density at radius 3 is 2.88 bits per heavy atom. The maximum absolute atomic E-state index is 9.07. The van der Waals surface area contributed by atoms with Crippen LogP contribution in [-0.2, 0) is 0 Å². The molecule has 0 radical (unpaired) electrons. The van der Waals surface area contributed by atoms with Gasteiger partial charge in [0.15, 0.2) is 0 Å². The van der Waals surface area contributed by atoms with Crippen LogP contribution in [-0.4, -0.2) is 36.1 Å². The van der Waals surface area contributed by atoms with Crippen molar-refractivity contribution in [3.05, 3.63) is 46.3 Å². The van der Waals surface area contributed by atoms with Gasteiger partial charge < -0.3 is 9.80 Å². The molecule has 0 amide bonds. The van der Waals surface area contributed by atoms with Gasteiger partial charge in [0.1, 0.15) is 18.2 Å². The lowest BCUT2D eigenvalue weighted by atomic mass is 10.0. The number of aromatic nitrogens is 2. The molecule has 2 heterocycles. The summed E-state index contributed by atoms with van der Waals surface area (Å²) in [6, 6.07) is 10.6. The summed E-state index contributed by atoms with van der Waals surface area (Å²) in [6.07, 6.45) is 3.91. The molecular formula is C18H20BrN5. The minimum absolute atomic E-state index is 0.405. The molecule has 1 fully saturated rings. The van der Waals surface area contributed by atoms with E-state index in [4.69, 9.17) is 5.26 Å². The number of nitrogens with zero attached hydrogens (tertiary/aromatic N) is 5. The van der Waals surface area contributed by atoms with Gasteiger partial charge >= 0.3 is 0 Å². The van der Waals surface area contributed by atoms with Crippen LogP contribution >= 0.6 is 15.9 Å². The topological polar surface area (TPSA) is 56.0 Å². The SMILES string of the molecule is Cc1cc(N(C)C2CCCN(c3ccc(C#N)c(Br)c3)C2)ncn1.